The van der Waals surface area contributed by atoms with E-state index in [1.165, 1.54) is 34.4 Å². The lowest BCUT2D eigenvalue weighted by molar-refractivity contribution is -0.0427. The minimum atomic E-state index is -2.78. The molecule has 22 heteroatoms. The highest BCUT2D eigenvalue weighted by atomic mass is 32.7. The molecule has 3 unspecified atom stereocenters. The number of aryl methyl sites for hydroxylation is 2. The van der Waals surface area contributed by atoms with Gasteiger partial charge in [-0.2, -0.15) is 0 Å². The summed E-state index contributed by atoms with van der Waals surface area (Å²) >= 11 is 7.44. The fraction of sp³-hybridized carbons (Fsp3) is 0.538. The van der Waals surface area contributed by atoms with Gasteiger partial charge >= 0.3 is 0 Å². The van der Waals surface area contributed by atoms with Gasteiger partial charge in [-0.25, -0.2) is 38.7 Å². The number of alkyl halides is 2. The summed E-state index contributed by atoms with van der Waals surface area (Å²) in [5.74, 6) is 0. The second kappa shape index (κ2) is 15.7. The Morgan fingerprint density at radius 3 is 1.54 bits per heavy atom. The Hall–Kier alpha value is -2.38. The zero-order chi connectivity index (χ0) is 33.9. The van der Waals surface area contributed by atoms with Gasteiger partial charge in [0.1, 0.15) is 48.1 Å². The third-order valence-corrected chi connectivity index (χ3v) is 9.63. The largest absolute Gasteiger partial charge is 0.394 e. The number of allylic oxidation sites excluding steroid dienone is 2. The highest BCUT2D eigenvalue weighted by molar-refractivity contribution is 8.39. The van der Waals surface area contributed by atoms with E-state index >= 15 is 8.78 Å². The average molecular weight is 749 g/mol. The topological polar surface area (TPSA) is 199 Å². The number of halogens is 2. The molecule has 260 valence electrons. The maximum atomic E-state index is 15.3. The number of rotatable bonds is 14. The molecule has 0 radical (unpaired) electrons. The summed E-state index contributed by atoms with van der Waals surface area (Å²) in [7, 11) is -5.55. The van der Waals surface area contributed by atoms with Gasteiger partial charge in [0.05, 0.1) is 37.3 Å². The lowest BCUT2D eigenvalue weighted by Crippen LogP contribution is -2.31. The minimum Gasteiger partial charge on any atom is -0.394 e. The number of nitrogens with zero attached hydrogens (tertiary/aromatic N) is 8. The first-order valence-electron chi connectivity index (χ1n) is 14.8. The first-order valence-corrected chi connectivity index (χ1v) is 20.0. The van der Waals surface area contributed by atoms with Crippen molar-refractivity contribution in [1.82, 2.24) is 39.0 Å². The Bertz CT molecular complexity index is 1700. The van der Waals surface area contributed by atoms with Gasteiger partial charge in [0.25, 0.3) is 0 Å². The van der Waals surface area contributed by atoms with Gasteiger partial charge in [0.15, 0.2) is 36.1 Å². The minimum absolute atomic E-state index is 0.342. The normalized spacial score (nSPS) is 29.0. The summed E-state index contributed by atoms with van der Waals surface area (Å²) in [4.78, 5) is 26.0. The van der Waals surface area contributed by atoms with Crippen LogP contribution >= 0.6 is 39.0 Å². The average Bonchev–Trinajstić information content (AvgIpc) is 3.83. The zero-order valence-electron chi connectivity index (χ0n) is 24.9. The fourth-order valence-electron chi connectivity index (χ4n) is 5.86. The van der Waals surface area contributed by atoms with Gasteiger partial charge in [-0.1, -0.05) is 36.6 Å². The predicted molar refractivity (Wildman–Crippen MR) is 174 cm³/mol. The Morgan fingerprint density at radius 1 is 0.750 bits per heavy atom. The third kappa shape index (κ3) is 7.24. The molecule has 0 aliphatic carbocycles. The lowest BCUT2D eigenvalue weighted by Gasteiger charge is -2.16. The summed E-state index contributed by atoms with van der Waals surface area (Å²) < 4.78 is 77.8. The van der Waals surface area contributed by atoms with E-state index in [0.29, 0.717) is 59.4 Å². The summed E-state index contributed by atoms with van der Waals surface area (Å²) in [5, 5.41) is 19.2. The Morgan fingerprint density at radius 2 is 1.17 bits per heavy atom. The van der Waals surface area contributed by atoms with E-state index in [2.05, 4.69) is 54.4 Å². The molecule has 10 atom stereocenters. The van der Waals surface area contributed by atoms with E-state index in [1.807, 2.05) is 12.2 Å². The monoisotopic (exact) mass is 748 g/mol. The maximum Gasteiger partial charge on any atom is 0.243 e. The molecule has 4 aromatic rings. The highest BCUT2D eigenvalue weighted by Crippen LogP contribution is 2.42. The van der Waals surface area contributed by atoms with Crippen molar-refractivity contribution in [2.45, 2.75) is 74.9 Å². The van der Waals surface area contributed by atoms with Crippen molar-refractivity contribution in [1.29, 1.82) is 0 Å². The van der Waals surface area contributed by atoms with E-state index in [9.17, 15) is 19.3 Å². The second-order valence-corrected chi connectivity index (χ2v) is 14.6. The maximum absolute atomic E-state index is 15.3. The second-order valence-electron chi connectivity index (χ2n) is 10.9. The molecule has 2 aliphatic rings. The van der Waals surface area contributed by atoms with Gasteiger partial charge in [-0.15, -0.1) is 0 Å². The molecular weight excluding hydrogens is 716 g/mol. The summed E-state index contributed by atoms with van der Waals surface area (Å²) in [6, 6.07) is 0. The van der Waals surface area contributed by atoms with Crippen molar-refractivity contribution in [2.75, 3.05) is 13.2 Å². The third-order valence-electron chi connectivity index (χ3n) is 8.05. The molecule has 0 aromatic carbocycles. The van der Waals surface area contributed by atoms with Crippen LogP contribution in [0, 0.1) is 0 Å². The first kappa shape index (κ1) is 35.4. The van der Waals surface area contributed by atoms with Gasteiger partial charge < -0.3 is 28.7 Å². The molecule has 2 fully saturated rings. The summed E-state index contributed by atoms with van der Waals surface area (Å²) in [5.41, 5.74) is 2.91. The number of thiol groups is 2. The van der Waals surface area contributed by atoms with Crippen LogP contribution in [0.2, 0.25) is 0 Å². The van der Waals surface area contributed by atoms with Gasteiger partial charge in [-0.05, 0) is 25.7 Å². The predicted octanol–water partition coefficient (Wildman–Crippen LogP) is 2.95. The van der Waals surface area contributed by atoms with Crippen molar-refractivity contribution < 1.29 is 46.6 Å². The number of hydrogen-bond donors (Lipinski definition) is 4. The number of hydrogen-bond acceptors (Lipinski definition) is 14. The Labute approximate surface area is 283 Å². The molecule has 6 heterocycles. The van der Waals surface area contributed by atoms with Crippen LogP contribution in [-0.2, 0) is 40.5 Å². The lowest BCUT2D eigenvalue weighted by atomic mass is 10.1. The molecule has 2 N–H and O–H groups in total. The van der Waals surface area contributed by atoms with E-state index in [4.69, 9.17) is 18.5 Å². The molecule has 2 aliphatic heterocycles. The van der Waals surface area contributed by atoms with Crippen molar-refractivity contribution in [3.8, 4) is 0 Å². The van der Waals surface area contributed by atoms with Gasteiger partial charge in [-0.3, -0.25) is 18.3 Å². The SMILES string of the molecule is O=[PH](S)O[C@H]1[C@@H](F)[C@H](n2cnc3c(CC/C=C/CCc4ncnc5c4ncn5[C@@H]4OC(CO)[C@@H](O[PH](=O)S)[C@H]4F)ncnc32)O[C@@H]1CO. The summed E-state index contributed by atoms with van der Waals surface area (Å²) in [6.07, 6.45) is 1.20. The Balaban J connectivity index is 1.07. The molecule has 0 amide bonds. The van der Waals surface area contributed by atoms with Crippen LogP contribution in [-0.4, -0.2) is 99.2 Å². The number of aliphatic hydroxyl groups is 2. The molecule has 6 rings (SSSR count). The van der Waals surface area contributed by atoms with Crippen LogP contribution in [0.4, 0.5) is 8.78 Å². The molecule has 0 saturated carbocycles. The molecule has 48 heavy (non-hydrogen) atoms. The zero-order valence-corrected chi connectivity index (χ0v) is 28.7. The van der Waals surface area contributed by atoms with Crippen LogP contribution in [0.1, 0.15) is 36.7 Å². The molecular formula is C26H32F2N8O8P2S2. The van der Waals surface area contributed by atoms with Gasteiger partial charge in [0, 0.05) is 0 Å². The standard InChI is InChI=1S/C26H32F2N8O8P2S2/c27-17-21(43-45(39)47)15(7-37)41-25(17)35-11-33-19-13(29-9-31-23(19)35)5-3-1-2-4-6-14-20-24(32-10-30-14)36(12-34-20)26-18(28)22(44-46(40)48)16(8-38)42-26/h1-2,9-12,15-18,21-22,25-26,37-38,45-46H,3-8H2,(H,39,47)(H,40,48)/b2-1+/t15-,16?,17-,18-,21-,22-,25-,26-/m1/s1. The summed E-state index contributed by atoms with van der Waals surface area (Å²) in [6.45, 7) is -1.07. The molecule has 0 bridgehead atoms. The van der Waals surface area contributed by atoms with Crippen LogP contribution in [0.5, 0.6) is 0 Å². The van der Waals surface area contributed by atoms with Crippen LogP contribution < -0.4 is 0 Å². The van der Waals surface area contributed by atoms with Crippen molar-refractivity contribution in [3.63, 3.8) is 0 Å². The van der Waals surface area contributed by atoms with Gasteiger partial charge in [0.2, 0.25) is 14.5 Å². The molecule has 0 spiro atoms. The fourth-order valence-corrected chi connectivity index (χ4v) is 7.62. The van der Waals surface area contributed by atoms with E-state index in [0.717, 1.165) is 0 Å². The van der Waals surface area contributed by atoms with Crippen molar-refractivity contribution in [3.05, 3.63) is 48.8 Å². The number of aromatic nitrogens is 8. The van der Waals surface area contributed by atoms with Crippen LogP contribution in [0.25, 0.3) is 22.3 Å². The van der Waals surface area contributed by atoms with E-state index < -0.39 is 76.9 Å². The van der Waals surface area contributed by atoms with Crippen LogP contribution in [0.15, 0.2) is 37.5 Å². The highest BCUT2D eigenvalue weighted by Gasteiger charge is 2.49. The van der Waals surface area contributed by atoms with Crippen LogP contribution in [0.3, 0.4) is 0 Å². The van der Waals surface area contributed by atoms with E-state index in [-0.39, 0.29) is 0 Å². The molecule has 16 nitrogen and oxygen atoms in total. The quantitative estimate of drug-likeness (QED) is 0.0834. The molecule has 4 aromatic heterocycles. The number of fused-ring (bicyclic) bond motifs is 2. The number of ether oxygens (including phenoxy) is 2. The smallest absolute Gasteiger partial charge is 0.243 e. The van der Waals surface area contributed by atoms with Crippen molar-refractivity contribution >= 4 is 61.3 Å². The van der Waals surface area contributed by atoms with E-state index in [1.54, 1.807) is 0 Å². The Kier molecular flexibility index (Phi) is 11.6. The number of imidazole rings is 2. The molecule has 2 saturated heterocycles. The van der Waals surface area contributed by atoms with Crippen molar-refractivity contribution in [2.24, 2.45) is 0 Å². The first-order chi connectivity index (χ1) is 23.2. The number of aliphatic hydroxyl groups excluding tert-OH is 2.